The van der Waals surface area contributed by atoms with Crippen LogP contribution in [-0.4, -0.2) is 5.78 Å². The summed E-state index contributed by atoms with van der Waals surface area (Å²) in [5.74, 6) is 0.0747. The lowest BCUT2D eigenvalue weighted by molar-refractivity contribution is -0.577. The second kappa shape index (κ2) is 9.77. The average molecular weight is 665 g/mol. The van der Waals surface area contributed by atoms with Crippen molar-refractivity contribution in [1.29, 1.82) is 0 Å². The summed E-state index contributed by atoms with van der Waals surface area (Å²) in [4.78, 5) is 12.9. The van der Waals surface area contributed by atoms with Crippen molar-refractivity contribution in [3.8, 4) is 0 Å². The van der Waals surface area contributed by atoms with Crippen molar-refractivity contribution in [2.75, 3.05) is 0 Å². The first-order chi connectivity index (χ1) is 11.9. The van der Waals surface area contributed by atoms with Gasteiger partial charge in [0.15, 0.2) is 6.20 Å². The molecule has 1 aromatic heterocycles. The largest absolute Gasteiger partial charge is 1.00 e. The van der Waals surface area contributed by atoms with Crippen molar-refractivity contribution >= 4 is 54.3 Å². The number of halogens is 3. The molecule has 3 aromatic rings. The number of carbonyl (C=O) groups excluding carboxylic acids is 1. The number of hydrogen-bond donors (Lipinski definition) is 0. The lowest BCUT2D eigenvalue weighted by Crippen LogP contribution is -3.00. The number of carbonyl (C=O) groups is 1. The van der Waals surface area contributed by atoms with Gasteiger partial charge in [0.2, 0.25) is 5.70 Å². The molecule has 0 radical (unpaired) electrons. The number of rotatable bonds is 2. The number of benzene rings is 2. The Morgan fingerprint density at radius 3 is 1.80 bits per heavy atom. The molecule has 0 atom stereocenters. The minimum absolute atomic E-state index is 0. The lowest BCUT2D eigenvalue weighted by atomic mass is 9.98. The van der Waals surface area contributed by atoms with E-state index in [0.717, 1.165) is 22.4 Å². The molecular formula is C20H14I3NO. The van der Waals surface area contributed by atoms with Crippen LogP contribution in [0.15, 0.2) is 85.1 Å². The number of hydrogen-bond acceptors (Lipinski definition) is 1. The van der Waals surface area contributed by atoms with Crippen LogP contribution in [-0.2, 0) is 0 Å². The smallest absolute Gasteiger partial charge is 0.264 e. The summed E-state index contributed by atoms with van der Waals surface area (Å²) in [6.07, 6.45) is 1.95. The Bertz CT molecular complexity index is 893. The molecule has 0 aliphatic carbocycles. The van der Waals surface area contributed by atoms with E-state index in [1.165, 1.54) is 0 Å². The van der Waals surface area contributed by atoms with Crippen LogP contribution in [0.1, 0.15) is 21.6 Å². The highest BCUT2D eigenvalue weighted by atomic mass is 128. The molecule has 0 saturated carbocycles. The summed E-state index contributed by atoms with van der Waals surface area (Å²) in [6.45, 7) is 0. The summed E-state index contributed by atoms with van der Waals surface area (Å²) in [6, 6.07) is 25.7. The van der Waals surface area contributed by atoms with Crippen molar-refractivity contribution in [2.24, 2.45) is 0 Å². The van der Waals surface area contributed by atoms with Gasteiger partial charge in [0.05, 0.1) is 0 Å². The number of nitrogens with zero attached hydrogens (tertiary/aromatic N) is 1. The highest BCUT2D eigenvalue weighted by Gasteiger charge is 2.39. The fraction of sp³-hybridized carbons (Fsp3) is 0. The van der Waals surface area contributed by atoms with E-state index in [9.17, 15) is 4.79 Å². The van der Waals surface area contributed by atoms with Gasteiger partial charge in [-0.15, -0.1) is 0 Å². The first-order valence-corrected chi connectivity index (χ1v) is 13.7. The Labute approximate surface area is 187 Å². The van der Waals surface area contributed by atoms with Gasteiger partial charge >= 0.3 is 0 Å². The van der Waals surface area contributed by atoms with Gasteiger partial charge in [0.1, 0.15) is 5.57 Å². The zero-order valence-electron chi connectivity index (χ0n) is 13.1. The van der Waals surface area contributed by atoms with E-state index < -0.39 is 0 Å². The molecule has 2 nitrogen and oxygen atoms in total. The Morgan fingerprint density at radius 2 is 1.20 bits per heavy atom. The first kappa shape index (κ1) is 20.5. The number of aromatic nitrogens is 1. The average Bonchev–Trinajstić information content (AvgIpc) is 2.98. The minimum Gasteiger partial charge on any atom is -1.00 e. The van der Waals surface area contributed by atoms with Gasteiger partial charge in [-0.05, 0) is 23.8 Å². The molecular weight excluding hydrogens is 651 g/mol. The maximum absolute atomic E-state index is 12.9. The molecule has 0 amide bonds. The van der Waals surface area contributed by atoms with Gasteiger partial charge in [0, 0.05) is 54.9 Å². The van der Waals surface area contributed by atoms with Gasteiger partial charge in [-0.3, -0.25) is 4.79 Å². The third-order valence-electron chi connectivity index (χ3n) is 3.91. The predicted octanol–water partition coefficient (Wildman–Crippen LogP) is 2.36. The van der Waals surface area contributed by atoms with E-state index in [1.807, 2.05) is 89.6 Å². The number of fused-ring (bicyclic) bond motifs is 1. The highest BCUT2D eigenvalue weighted by molar-refractivity contribution is 15.0. The predicted molar refractivity (Wildman–Crippen MR) is 114 cm³/mol. The van der Waals surface area contributed by atoms with Gasteiger partial charge in [-0.25, -0.2) is 0 Å². The molecule has 1 aliphatic heterocycles. The normalized spacial score (nSPS) is 12.0. The number of Topliss-reactive ketones (excluding diaryl/α,β-unsaturated/α-hetero) is 1. The third-order valence-corrected chi connectivity index (χ3v) is 3.91. The van der Waals surface area contributed by atoms with Crippen LogP contribution in [0.2, 0.25) is 0 Å². The van der Waals surface area contributed by atoms with E-state index in [-0.39, 0.29) is 29.8 Å². The third kappa shape index (κ3) is 4.13. The van der Waals surface area contributed by atoms with E-state index >= 15 is 0 Å². The standard InChI is InChI=1S/C20H14NO.I2.HI/c22-20-17-13-7-8-14-21(17)19(16-11-5-2-6-12-16)18(20)15-9-3-1-4-10-15;1-2;/h1-14H;;1H/q+1;;/p-1. The molecule has 2 aromatic carbocycles. The van der Waals surface area contributed by atoms with Crippen LogP contribution in [0.25, 0.3) is 11.3 Å². The number of pyridine rings is 1. The molecule has 0 saturated heterocycles. The van der Waals surface area contributed by atoms with Crippen LogP contribution in [0, 0.1) is 0 Å². The maximum atomic E-state index is 12.9. The Kier molecular flexibility index (Phi) is 8.01. The Morgan fingerprint density at radius 1 is 0.680 bits per heavy atom. The lowest BCUT2D eigenvalue weighted by Gasteiger charge is -2.02. The molecule has 2 heterocycles. The summed E-state index contributed by atoms with van der Waals surface area (Å²) in [5.41, 5.74) is 4.42. The topological polar surface area (TPSA) is 20.9 Å². The van der Waals surface area contributed by atoms with Gasteiger partial charge < -0.3 is 24.0 Å². The molecule has 4 rings (SSSR count). The molecule has 1 aliphatic rings. The maximum Gasteiger partial charge on any atom is 0.264 e. The van der Waals surface area contributed by atoms with Crippen molar-refractivity contribution in [2.45, 2.75) is 0 Å². The summed E-state index contributed by atoms with van der Waals surface area (Å²) < 4.78 is 1.99. The molecule has 0 bridgehead atoms. The van der Waals surface area contributed by atoms with Crippen molar-refractivity contribution in [1.82, 2.24) is 0 Å². The van der Waals surface area contributed by atoms with Crippen molar-refractivity contribution < 1.29 is 33.3 Å². The van der Waals surface area contributed by atoms with Gasteiger partial charge in [-0.2, -0.15) is 4.57 Å². The molecule has 0 spiro atoms. The summed E-state index contributed by atoms with van der Waals surface area (Å²) >= 11 is 4.24. The monoisotopic (exact) mass is 665 g/mol. The summed E-state index contributed by atoms with van der Waals surface area (Å²) in [5, 5.41) is 0. The Hall–Kier alpha value is -0.810. The van der Waals surface area contributed by atoms with Crippen molar-refractivity contribution in [3.63, 3.8) is 0 Å². The molecule has 0 N–H and O–H groups in total. The minimum atomic E-state index is 0. The van der Waals surface area contributed by atoms with Crippen molar-refractivity contribution in [3.05, 3.63) is 102 Å². The van der Waals surface area contributed by atoms with E-state index in [0.29, 0.717) is 5.69 Å². The van der Waals surface area contributed by atoms with E-state index in [2.05, 4.69) is 37.2 Å². The zero-order chi connectivity index (χ0) is 16.9. The second-order valence-corrected chi connectivity index (χ2v) is 5.24. The Balaban J connectivity index is 0.000000726. The second-order valence-electron chi connectivity index (χ2n) is 5.24. The number of ketones is 1. The van der Waals surface area contributed by atoms with Gasteiger partial charge in [0.25, 0.3) is 11.5 Å². The van der Waals surface area contributed by atoms with Crippen LogP contribution in [0.3, 0.4) is 0 Å². The van der Waals surface area contributed by atoms with Crippen LogP contribution in [0.5, 0.6) is 0 Å². The van der Waals surface area contributed by atoms with Crippen LogP contribution in [0.4, 0.5) is 0 Å². The molecule has 5 heteroatoms. The van der Waals surface area contributed by atoms with Gasteiger partial charge in [-0.1, -0.05) is 48.5 Å². The molecule has 0 unspecified atom stereocenters. The first-order valence-electron chi connectivity index (χ1n) is 7.41. The highest BCUT2D eigenvalue weighted by Crippen LogP contribution is 2.31. The number of allylic oxidation sites excluding steroid dienone is 1. The van der Waals surface area contributed by atoms with Crippen LogP contribution >= 0.6 is 37.2 Å². The summed E-state index contributed by atoms with van der Waals surface area (Å²) in [7, 11) is 0. The molecule has 0 fully saturated rings. The fourth-order valence-corrected chi connectivity index (χ4v) is 2.93. The SMILES string of the molecule is II.O=C1C(c2ccccc2)=C(c2ccccc2)[n+]2ccccc21.[I-]. The molecule has 25 heavy (non-hydrogen) atoms. The fourth-order valence-electron chi connectivity index (χ4n) is 2.93. The van der Waals surface area contributed by atoms with E-state index in [1.54, 1.807) is 0 Å². The quantitative estimate of drug-likeness (QED) is 0.305. The van der Waals surface area contributed by atoms with Crippen LogP contribution < -0.4 is 28.5 Å². The zero-order valence-corrected chi connectivity index (χ0v) is 19.5. The molecule has 126 valence electrons. The van der Waals surface area contributed by atoms with E-state index in [4.69, 9.17) is 0 Å².